The molecule has 1 fully saturated rings. The Hall–Kier alpha value is -0.840. The molecule has 1 aromatic rings. The minimum Gasteiger partial charge on any atom is -0.488 e. The Bertz CT molecular complexity index is 368. The van der Waals surface area contributed by atoms with E-state index >= 15 is 0 Å². The van der Waals surface area contributed by atoms with Crippen molar-refractivity contribution in [3.63, 3.8) is 0 Å². The Morgan fingerprint density at radius 2 is 2.29 bits per heavy atom. The average Bonchev–Trinajstić information content (AvgIpc) is 2.73. The van der Waals surface area contributed by atoms with Crippen LogP contribution in [0, 0.1) is 5.82 Å². The molecule has 96 valence electrons. The van der Waals surface area contributed by atoms with E-state index in [9.17, 15) is 4.39 Å². The zero-order valence-electron chi connectivity index (χ0n) is 9.69. The fourth-order valence-corrected chi connectivity index (χ4v) is 1.74. The zero-order valence-corrected chi connectivity index (χ0v) is 10.5. The maximum absolute atomic E-state index is 13.4. The third kappa shape index (κ3) is 3.56. The van der Waals surface area contributed by atoms with E-state index in [0.717, 1.165) is 13.0 Å². The number of rotatable bonds is 3. The van der Waals surface area contributed by atoms with Crippen LogP contribution in [0.5, 0.6) is 5.75 Å². The highest BCUT2D eigenvalue weighted by Gasteiger charge is 2.18. The average molecular weight is 262 g/mol. The molecular formula is C12H17ClFNO2. The lowest BCUT2D eigenvalue weighted by atomic mass is 10.1. The van der Waals surface area contributed by atoms with Gasteiger partial charge in [-0.2, -0.15) is 0 Å². The van der Waals surface area contributed by atoms with Gasteiger partial charge in [0, 0.05) is 18.0 Å². The largest absolute Gasteiger partial charge is 0.488 e. The number of nitrogens with two attached hydrogens (primary N) is 1. The SMILES string of the molecule is C[C@H](N)c1cc(O[C@H]2CCOC2)ccc1F.Cl. The first-order chi connectivity index (χ1) is 7.66. The summed E-state index contributed by atoms with van der Waals surface area (Å²) in [5, 5.41) is 0. The second kappa shape index (κ2) is 6.19. The first kappa shape index (κ1) is 14.2. The lowest BCUT2D eigenvalue weighted by Crippen LogP contribution is -2.16. The highest BCUT2D eigenvalue weighted by atomic mass is 35.5. The normalized spacial score (nSPS) is 20.8. The van der Waals surface area contributed by atoms with Crippen molar-refractivity contribution in [2.75, 3.05) is 13.2 Å². The Labute approximate surface area is 107 Å². The standard InChI is InChI=1S/C12H16FNO2.ClH/c1-8(14)11-6-9(2-3-12(11)13)16-10-4-5-15-7-10;/h2-3,6,8,10H,4-5,7,14H2,1H3;1H/t8-,10-;/m0./s1. The molecule has 3 nitrogen and oxygen atoms in total. The molecule has 1 aliphatic heterocycles. The van der Waals surface area contributed by atoms with Crippen LogP contribution in [0.25, 0.3) is 0 Å². The molecule has 0 spiro atoms. The van der Waals surface area contributed by atoms with E-state index in [1.165, 1.54) is 6.07 Å². The lowest BCUT2D eigenvalue weighted by Gasteiger charge is -2.14. The van der Waals surface area contributed by atoms with Crippen molar-refractivity contribution in [1.82, 2.24) is 0 Å². The quantitative estimate of drug-likeness (QED) is 0.909. The Balaban J connectivity index is 0.00000144. The zero-order chi connectivity index (χ0) is 11.5. The predicted molar refractivity (Wildman–Crippen MR) is 66.1 cm³/mol. The summed E-state index contributed by atoms with van der Waals surface area (Å²) >= 11 is 0. The van der Waals surface area contributed by atoms with Gasteiger partial charge in [-0.05, 0) is 25.1 Å². The molecule has 2 atom stereocenters. The molecule has 0 amide bonds. The van der Waals surface area contributed by atoms with E-state index in [0.29, 0.717) is 17.9 Å². The maximum atomic E-state index is 13.4. The number of halogens is 2. The highest BCUT2D eigenvalue weighted by Crippen LogP contribution is 2.23. The van der Waals surface area contributed by atoms with Gasteiger partial charge in [-0.3, -0.25) is 0 Å². The third-order valence-electron chi connectivity index (χ3n) is 2.65. The lowest BCUT2D eigenvalue weighted by molar-refractivity contribution is 0.141. The molecule has 1 aromatic carbocycles. The van der Waals surface area contributed by atoms with E-state index in [-0.39, 0.29) is 30.4 Å². The Kier molecular flexibility index (Phi) is 5.18. The van der Waals surface area contributed by atoms with Crippen LogP contribution in [-0.2, 0) is 4.74 Å². The molecule has 0 radical (unpaired) electrons. The van der Waals surface area contributed by atoms with Gasteiger partial charge in [0.25, 0.3) is 0 Å². The fourth-order valence-electron chi connectivity index (χ4n) is 1.74. The van der Waals surface area contributed by atoms with Crippen molar-refractivity contribution in [3.05, 3.63) is 29.6 Å². The summed E-state index contributed by atoms with van der Waals surface area (Å²) in [7, 11) is 0. The summed E-state index contributed by atoms with van der Waals surface area (Å²) < 4.78 is 24.3. The van der Waals surface area contributed by atoms with E-state index < -0.39 is 0 Å². The molecule has 5 heteroatoms. The monoisotopic (exact) mass is 261 g/mol. The van der Waals surface area contributed by atoms with Crippen molar-refractivity contribution >= 4 is 12.4 Å². The van der Waals surface area contributed by atoms with Crippen LogP contribution in [0.2, 0.25) is 0 Å². The summed E-state index contributed by atoms with van der Waals surface area (Å²) in [5.74, 6) is 0.370. The second-order valence-corrected chi connectivity index (χ2v) is 4.08. The van der Waals surface area contributed by atoms with Gasteiger partial charge in [-0.15, -0.1) is 12.4 Å². The summed E-state index contributed by atoms with van der Waals surface area (Å²) in [6, 6.07) is 4.35. The minimum absolute atomic E-state index is 0. The van der Waals surface area contributed by atoms with Gasteiger partial charge in [0.1, 0.15) is 17.7 Å². The van der Waals surface area contributed by atoms with E-state index in [4.69, 9.17) is 15.2 Å². The van der Waals surface area contributed by atoms with Crippen LogP contribution in [0.4, 0.5) is 4.39 Å². The van der Waals surface area contributed by atoms with Crippen molar-refractivity contribution < 1.29 is 13.9 Å². The summed E-state index contributed by atoms with van der Waals surface area (Å²) in [5.41, 5.74) is 6.15. The van der Waals surface area contributed by atoms with Crippen molar-refractivity contribution in [2.45, 2.75) is 25.5 Å². The molecular weight excluding hydrogens is 245 g/mol. The number of ether oxygens (including phenoxy) is 2. The summed E-state index contributed by atoms with van der Waals surface area (Å²) in [6.07, 6.45) is 0.955. The summed E-state index contributed by atoms with van der Waals surface area (Å²) in [6.45, 7) is 3.08. The molecule has 0 unspecified atom stereocenters. The number of benzene rings is 1. The van der Waals surface area contributed by atoms with Gasteiger partial charge < -0.3 is 15.2 Å². The van der Waals surface area contributed by atoms with Gasteiger partial charge in [0.15, 0.2) is 0 Å². The van der Waals surface area contributed by atoms with Gasteiger partial charge >= 0.3 is 0 Å². The molecule has 0 aromatic heterocycles. The van der Waals surface area contributed by atoms with Crippen molar-refractivity contribution in [2.24, 2.45) is 5.73 Å². The molecule has 0 bridgehead atoms. The van der Waals surface area contributed by atoms with Crippen LogP contribution < -0.4 is 10.5 Å². The van der Waals surface area contributed by atoms with Crippen LogP contribution in [0.15, 0.2) is 18.2 Å². The van der Waals surface area contributed by atoms with Crippen LogP contribution in [-0.4, -0.2) is 19.3 Å². The first-order valence-electron chi connectivity index (χ1n) is 5.46. The Morgan fingerprint density at radius 1 is 1.53 bits per heavy atom. The first-order valence-corrected chi connectivity index (χ1v) is 5.46. The molecule has 1 aliphatic rings. The third-order valence-corrected chi connectivity index (χ3v) is 2.65. The van der Waals surface area contributed by atoms with E-state index in [2.05, 4.69) is 0 Å². The molecule has 1 saturated heterocycles. The smallest absolute Gasteiger partial charge is 0.128 e. The van der Waals surface area contributed by atoms with Gasteiger partial charge in [-0.1, -0.05) is 0 Å². The second-order valence-electron chi connectivity index (χ2n) is 4.08. The molecule has 2 rings (SSSR count). The Morgan fingerprint density at radius 3 is 2.88 bits per heavy atom. The molecule has 2 N–H and O–H groups in total. The molecule has 0 saturated carbocycles. The number of hydrogen-bond acceptors (Lipinski definition) is 3. The predicted octanol–water partition coefficient (Wildman–Crippen LogP) is 2.43. The van der Waals surface area contributed by atoms with Gasteiger partial charge in [0.2, 0.25) is 0 Å². The molecule has 17 heavy (non-hydrogen) atoms. The fraction of sp³-hybridized carbons (Fsp3) is 0.500. The van der Waals surface area contributed by atoms with Crippen molar-refractivity contribution in [1.29, 1.82) is 0 Å². The topological polar surface area (TPSA) is 44.5 Å². The highest BCUT2D eigenvalue weighted by molar-refractivity contribution is 5.85. The van der Waals surface area contributed by atoms with E-state index in [1.54, 1.807) is 19.1 Å². The molecule has 1 heterocycles. The number of hydrogen-bond donors (Lipinski definition) is 1. The van der Waals surface area contributed by atoms with Crippen LogP contribution >= 0.6 is 12.4 Å². The van der Waals surface area contributed by atoms with Crippen molar-refractivity contribution in [3.8, 4) is 5.75 Å². The minimum atomic E-state index is -0.330. The molecule has 0 aliphatic carbocycles. The van der Waals surface area contributed by atoms with Crippen LogP contribution in [0.3, 0.4) is 0 Å². The van der Waals surface area contributed by atoms with Crippen LogP contribution in [0.1, 0.15) is 24.9 Å². The van der Waals surface area contributed by atoms with Gasteiger partial charge in [-0.25, -0.2) is 4.39 Å². The van der Waals surface area contributed by atoms with E-state index in [1.807, 2.05) is 0 Å². The van der Waals surface area contributed by atoms with Gasteiger partial charge in [0.05, 0.1) is 13.2 Å². The maximum Gasteiger partial charge on any atom is 0.128 e. The summed E-state index contributed by atoms with van der Waals surface area (Å²) in [4.78, 5) is 0.